The van der Waals surface area contributed by atoms with Crippen molar-refractivity contribution in [3.8, 4) is 5.75 Å². The van der Waals surface area contributed by atoms with Crippen molar-refractivity contribution in [3.63, 3.8) is 0 Å². The molecule has 0 spiro atoms. The largest absolute Gasteiger partial charge is 0.497 e. The molecule has 1 aromatic rings. The quantitative estimate of drug-likeness (QED) is 0.527. The van der Waals surface area contributed by atoms with E-state index in [1.807, 2.05) is 24.3 Å². The smallest absolute Gasteiger partial charge is 0.119 e. The van der Waals surface area contributed by atoms with Crippen LogP contribution in [0.1, 0.15) is 0 Å². The molecule has 4 nitrogen and oxygen atoms in total. The van der Waals surface area contributed by atoms with E-state index in [0.717, 1.165) is 11.4 Å². The van der Waals surface area contributed by atoms with Crippen LogP contribution < -0.4 is 16.0 Å². The van der Waals surface area contributed by atoms with Crippen molar-refractivity contribution in [1.29, 1.82) is 0 Å². The number of nitrogens with two attached hydrogens (primary N) is 1. The summed E-state index contributed by atoms with van der Waals surface area (Å²) in [6.07, 6.45) is 0. The van der Waals surface area contributed by atoms with Crippen LogP contribution in [0.4, 0.5) is 5.69 Å². The molecule has 0 amide bonds. The molecule has 3 N–H and O–H groups in total. The summed E-state index contributed by atoms with van der Waals surface area (Å²) in [5.41, 5.74) is 8.90. The molecule has 72 valence electrons. The Morgan fingerprint density at radius 1 is 1.31 bits per heavy atom. The third-order valence-corrected chi connectivity index (χ3v) is 1.50. The molecule has 0 unspecified atom stereocenters. The van der Waals surface area contributed by atoms with Crippen LogP contribution in [-0.2, 0) is 4.84 Å². The first-order valence-electron chi connectivity index (χ1n) is 4.08. The molecule has 0 radical (unpaired) electrons. The lowest BCUT2D eigenvalue weighted by Gasteiger charge is -2.06. The summed E-state index contributed by atoms with van der Waals surface area (Å²) < 4.78 is 5.01. The van der Waals surface area contributed by atoms with Crippen LogP contribution in [0, 0.1) is 0 Å². The van der Waals surface area contributed by atoms with Gasteiger partial charge in [-0.2, -0.15) is 0 Å². The van der Waals surface area contributed by atoms with Crippen LogP contribution in [0.25, 0.3) is 0 Å². The monoisotopic (exact) mass is 182 g/mol. The highest BCUT2D eigenvalue weighted by atomic mass is 16.6. The van der Waals surface area contributed by atoms with E-state index in [0.29, 0.717) is 13.2 Å². The van der Waals surface area contributed by atoms with E-state index in [1.54, 1.807) is 7.11 Å². The molecule has 0 aliphatic rings. The Labute approximate surface area is 77.6 Å². The highest BCUT2D eigenvalue weighted by Crippen LogP contribution is 2.14. The number of anilines is 1. The summed E-state index contributed by atoms with van der Waals surface area (Å²) in [7, 11) is 1.63. The minimum absolute atomic E-state index is 0.492. The van der Waals surface area contributed by atoms with Crippen molar-refractivity contribution < 1.29 is 9.57 Å². The highest BCUT2D eigenvalue weighted by molar-refractivity contribution is 5.44. The van der Waals surface area contributed by atoms with Crippen molar-refractivity contribution in [2.24, 2.45) is 5.73 Å². The molecule has 0 aromatic heterocycles. The average Bonchev–Trinajstić information content (AvgIpc) is 2.19. The first-order valence-corrected chi connectivity index (χ1v) is 4.08. The van der Waals surface area contributed by atoms with Gasteiger partial charge in [0.05, 0.1) is 19.4 Å². The van der Waals surface area contributed by atoms with Crippen molar-refractivity contribution >= 4 is 5.69 Å². The molecule has 1 rings (SSSR count). The van der Waals surface area contributed by atoms with Gasteiger partial charge in [0.2, 0.25) is 0 Å². The van der Waals surface area contributed by atoms with Crippen molar-refractivity contribution in [2.75, 3.05) is 25.7 Å². The van der Waals surface area contributed by atoms with E-state index >= 15 is 0 Å². The zero-order chi connectivity index (χ0) is 9.52. The Bertz CT molecular complexity index is 236. The van der Waals surface area contributed by atoms with Gasteiger partial charge in [0, 0.05) is 6.54 Å². The standard InChI is InChI=1S/C9H14N2O2/c1-12-9-4-2-8(3-5-9)11-13-7-6-10/h2-5,11H,6-7,10H2,1H3. The van der Waals surface area contributed by atoms with E-state index < -0.39 is 0 Å². The van der Waals surface area contributed by atoms with Gasteiger partial charge in [-0.25, -0.2) is 0 Å². The van der Waals surface area contributed by atoms with Crippen LogP contribution in [-0.4, -0.2) is 20.3 Å². The number of rotatable bonds is 5. The van der Waals surface area contributed by atoms with E-state index in [2.05, 4.69) is 5.48 Å². The summed E-state index contributed by atoms with van der Waals surface area (Å²) in [6.45, 7) is 0.995. The first kappa shape index (κ1) is 9.83. The molecule has 0 bridgehead atoms. The Morgan fingerprint density at radius 2 is 2.00 bits per heavy atom. The fourth-order valence-electron chi connectivity index (χ4n) is 0.852. The molecular formula is C9H14N2O2. The number of benzene rings is 1. The summed E-state index contributed by atoms with van der Waals surface area (Å²) in [4.78, 5) is 5.03. The number of nitrogens with one attached hydrogen (secondary N) is 1. The lowest BCUT2D eigenvalue weighted by Crippen LogP contribution is -2.11. The Kier molecular flexibility index (Phi) is 4.08. The molecular weight excluding hydrogens is 168 g/mol. The van der Waals surface area contributed by atoms with Crippen LogP contribution in [0.5, 0.6) is 5.75 Å². The molecule has 1 aromatic carbocycles. The van der Waals surface area contributed by atoms with Crippen molar-refractivity contribution in [2.45, 2.75) is 0 Å². The third-order valence-electron chi connectivity index (χ3n) is 1.50. The van der Waals surface area contributed by atoms with Crippen LogP contribution in [0.15, 0.2) is 24.3 Å². The molecule has 4 heteroatoms. The fourth-order valence-corrected chi connectivity index (χ4v) is 0.852. The maximum atomic E-state index is 5.25. The predicted molar refractivity (Wildman–Crippen MR) is 51.6 cm³/mol. The normalized spacial score (nSPS) is 9.69. The Balaban J connectivity index is 2.40. The highest BCUT2D eigenvalue weighted by Gasteiger charge is 1.92. The first-order chi connectivity index (χ1) is 6.36. The third kappa shape index (κ3) is 3.31. The van der Waals surface area contributed by atoms with E-state index in [4.69, 9.17) is 15.3 Å². The molecule has 0 aliphatic carbocycles. The topological polar surface area (TPSA) is 56.5 Å². The summed E-state index contributed by atoms with van der Waals surface area (Å²) >= 11 is 0. The van der Waals surface area contributed by atoms with Gasteiger partial charge in [-0.3, -0.25) is 10.3 Å². The number of hydrogen-bond acceptors (Lipinski definition) is 4. The lowest BCUT2D eigenvalue weighted by molar-refractivity contribution is 0.202. The minimum atomic E-state index is 0.492. The van der Waals surface area contributed by atoms with E-state index in [-0.39, 0.29) is 0 Å². The second-order valence-corrected chi connectivity index (χ2v) is 2.47. The molecule has 0 saturated carbocycles. The Hall–Kier alpha value is -1.26. The van der Waals surface area contributed by atoms with Gasteiger partial charge in [-0.1, -0.05) is 0 Å². The van der Waals surface area contributed by atoms with Gasteiger partial charge < -0.3 is 10.5 Å². The predicted octanol–water partition coefficient (Wildman–Crippen LogP) is 0.997. The van der Waals surface area contributed by atoms with Gasteiger partial charge >= 0.3 is 0 Å². The van der Waals surface area contributed by atoms with Gasteiger partial charge in [0.1, 0.15) is 5.75 Å². The van der Waals surface area contributed by atoms with Crippen molar-refractivity contribution in [3.05, 3.63) is 24.3 Å². The summed E-state index contributed by atoms with van der Waals surface area (Å²) in [6, 6.07) is 7.45. The second-order valence-electron chi connectivity index (χ2n) is 2.47. The number of hydrogen-bond donors (Lipinski definition) is 2. The average molecular weight is 182 g/mol. The zero-order valence-corrected chi connectivity index (χ0v) is 7.62. The summed E-state index contributed by atoms with van der Waals surface area (Å²) in [5.74, 6) is 0.823. The SMILES string of the molecule is COc1ccc(NOCCN)cc1. The van der Waals surface area contributed by atoms with Crippen LogP contribution in [0.2, 0.25) is 0 Å². The van der Waals surface area contributed by atoms with E-state index in [9.17, 15) is 0 Å². The maximum absolute atomic E-state index is 5.25. The van der Waals surface area contributed by atoms with Gasteiger partial charge in [0.25, 0.3) is 0 Å². The molecule has 13 heavy (non-hydrogen) atoms. The maximum Gasteiger partial charge on any atom is 0.119 e. The molecule has 0 aliphatic heterocycles. The number of methoxy groups -OCH3 is 1. The Morgan fingerprint density at radius 3 is 2.54 bits per heavy atom. The fraction of sp³-hybridized carbons (Fsp3) is 0.333. The summed E-state index contributed by atoms with van der Waals surface area (Å²) in [5, 5.41) is 0. The van der Waals surface area contributed by atoms with Crippen molar-refractivity contribution in [1.82, 2.24) is 0 Å². The van der Waals surface area contributed by atoms with Crippen LogP contribution in [0.3, 0.4) is 0 Å². The van der Waals surface area contributed by atoms with E-state index in [1.165, 1.54) is 0 Å². The molecule has 0 atom stereocenters. The molecule has 0 saturated heterocycles. The van der Waals surface area contributed by atoms with Crippen LogP contribution >= 0.6 is 0 Å². The molecule has 0 fully saturated rings. The van der Waals surface area contributed by atoms with Gasteiger partial charge in [-0.15, -0.1) is 0 Å². The van der Waals surface area contributed by atoms with Gasteiger partial charge in [-0.05, 0) is 24.3 Å². The zero-order valence-electron chi connectivity index (χ0n) is 7.62. The second kappa shape index (κ2) is 5.40. The van der Waals surface area contributed by atoms with Gasteiger partial charge in [0.15, 0.2) is 0 Å². The lowest BCUT2D eigenvalue weighted by atomic mass is 10.3. The molecule has 0 heterocycles. The number of ether oxygens (including phenoxy) is 1. The minimum Gasteiger partial charge on any atom is -0.497 e.